The molecule has 1 rings (SSSR count). The second-order valence-electron chi connectivity index (χ2n) is 5.19. The summed E-state index contributed by atoms with van der Waals surface area (Å²) in [6, 6.07) is 0.847. The quantitative estimate of drug-likeness (QED) is 0.222. The molecule has 0 aliphatic carbocycles. The maximum absolute atomic E-state index is 12.4. The molecule has 0 saturated heterocycles. The molecule has 0 radical (unpaired) electrons. The Hall–Kier alpha value is -1.97. The van der Waals surface area contributed by atoms with Crippen LogP contribution < -0.4 is 17.1 Å². The summed E-state index contributed by atoms with van der Waals surface area (Å²) in [6.45, 7) is 7.44. The van der Waals surface area contributed by atoms with Crippen LogP contribution in [0, 0.1) is 0 Å². The van der Waals surface area contributed by atoms with Gasteiger partial charge in [0.15, 0.2) is 0 Å². The van der Waals surface area contributed by atoms with Crippen LogP contribution in [0.4, 0.5) is 0 Å². The highest BCUT2D eigenvalue weighted by atomic mass is 28.2. The van der Waals surface area contributed by atoms with E-state index in [1.807, 2.05) is 0 Å². The molecule has 0 aliphatic heterocycles. The second-order valence-corrected chi connectivity index (χ2v) is 7.15. The number of hydrogen-bond acceptors (Lipinski definition) is 5. The van der Waals surface area contributed by atoms with Gasteiger partial charge in [0.25, 0.3) is 0 Å². The predicted molar refractivity (Wildman–Crippen MR) is 95.4 cm³/mol. The third-order valence-electron chi connectivity index (χ3n) is 3.61. The Bertz CT molecular complexity index is 682. The minimum Gasteiger partial charge on any atom is -0.360 e. The molecule has 8 nitrogen and oxygen atoms in total. The number of nitrogens with zero attached hydrogens (tertiary/aromatic N) is 3. The van der Waals surface area contributed by atoms with Crippen LogP contribution in [0.2, 0.25) is 6.04 Å². The zero-order valence-electron chi connectivity index (χ0n) is 14.3. The van der Waals surface area contributed by atoms with Crippen molar-refractivity contribution in [3.8, 4) is 0 Å². The summed E-state index contributed by atoms with van der Waals surface area (Å²) in [5, 5.41) is 0. The van der Waals surface area contributed by atoms with Crippen molar-refractivity contribution in [2.24, 2.45) is 0 Å². The van der Waals surface area contributed by atoms with Crippen LogP contribution in [0.1, 0.15) is 6.42 Å². The largest absolute Gasteiger partial charge is 0.360 e. The van der Waals surface area contributed by atoms with Crippen molar-refractivity contribution in [3.05, 3.63) is 56.8 Å². The molecule has 24 heavy (non-hydrogen) atoms. The first-order valence-electron chi connectivity index (χ1n) is 7.73. The Labute approximate surface area is 142 Å². The Morgan fingerprint density at radius 2 is 1.42 bits per heavy atom. The average Bonchev–Trinajstić information content (AvgIpc) is 2.58. The topological polar surface area (TPSA) is 84.5 Å². The van der Waals surface area contributed by atoms with E-state index < -0.39 is 26.6 Å². The van der Waals surface area contributed by atoms with Crippen molar-refractivity contribution >= 4 is 9.52 Å². The SMILES string of the molecule is C=CCn1c(=O)n(CC=C)c(=O)n(CCC[SiH2]C(OC)OC)c1=O. The summed E-state index contributed by atoms with van der Waals surface area (Å²) in [5.74, 6) is -0.172. The number of allylic oxidation sites excluding steroid dienone is 2. The molecule has 0 aliphatic rings. The molecular formula is C15H25N3O5Si. The minimum absolute atomic E-state index is 0.0548. The number of aromatic nitrogens is 3. The van der Waals surface area contributed by atoms with Gasteiger partial charge in [-0.15, -0.1) is 13.2 Å². The standard InChI is InChI=1S/C15H25N3O5Si/c1-5-8-16-12(19)17(9-6-2)14(21)18(13(16)20)10-7-11-24-15(22-3)23-4/h5-6,15H,1-2,7-11,24H2,3-4H3. The number of ether oxygens (including phenoxy) is 2. The summed E-state index contributed by atoms with van der Waals surface area (Å²) >= 11 is 0. The van der Waals surface area contributed by atoms with E-state index in [1.54, 1.807) is 14.2 Å². The highest BCUT2D eigenvalue weighted by Gasteiger charge is 2.14. The van der Waals surface area contributed by atoms with Gasteiger partial charge in [-0.05, 0) is 6.42 Å². The fourth-order valence-electron chi connectivity index (χ4n) is 2.36. The summed E-state index contributed by atoms with van der Waals surface area (Å²) in [5.41, 5.74) is -1.86. The van der Waals surface area contributed by atoms with Crippen LogP contribution in [-0.2, 0) is 29.1 Å². The van der Waals surface area contributed by atoms with E-state index >= 15 is 0 Å². The van der Waals surface area contributed by atoms with Crippen molar-refractivity contribution in [3.63, 3.8) is 0 Å². The van der Waals surface area contributed by atoms with Crippen molar-refractivity contribution in [1.29, 1.82) is 0 Å². The molecule has 0 aromatic carbocycles. The molecule has 1 heterocycles. The van der Waals surface area contributed by atoms with Gasteiger partial charge in [-0.1, -0.05) is 18.2 Å². The molecular weight excluding hydrogens is 330 g/mol. The van der Waals surface area contributed by atoms with E-state index in [0.29, 0.717) is 6.42 Å². The summed E-state index contributed by atoms with van der Waals surface area (Å²) < 4.78 is 13.4. The zero-order chi connectivity index (χ0) is 18.1. The van der Waals surface area contributed by atoms with Crippen molar-refractivity contribution in [2.45, 2.75) is 38.0 Å². The van der Waals surface area contributed by atoms with Gasteiger partial charge < -0.3 is 9.47 Å². The lowest BCUT2D eigenvalue weighted by molar-refractivity contribution is -0.0441. The first kappa shape index (κ1) is 20.1. The van der Waals surface area contributed by atoms with E-state index in [4.69, 9.17) is 9.47 Å². The fraction of sp³-hybridized carbons (Fsp3) is 0.533. The first-order valence-corrected chi connectivity index (χ1v) is 9.55. The molecule has 0 fully saturated rings. The van der Waals surface area contributed by atoms with Gasteiger partial charge in [-0.25, -0.2) is 28.1 Å². The Morgan fingerprint density at radius 3 is 1.83 bits per heavy atom. The molecule has 0 bridgehead atoms. The zero-order valence-corrected chi connectivity index (χ0v) is 15.7. The molecule has 0 spiro atoms. The van der Waals surface area contributed by atoms with E-state index in [1.165, 1.54) is 12.2 Å². The Kier molecular flexibility index (Phi) is 8.37. The summed E-state index contributed by atoms with van der Waals surface area (Å²) in [4.78, 5) is 37.0. The first-order chi connectivity index (χ1) is 11.5. The van der Waals surface area contributed by atoms with Crippen LogP contribution in [-0.4, -0.2) is 43.4 Å². The van der Waals surface area contributed by atoms with Gasteiger partial charge >= 0.3 is 17.1 Å². The number of methoxy groups -OCH3 is 2. The smallest absolute Gasteiger partial charge is 0.336 e. The van der Waals surface area contributed by atoms with Gasteiger partial charge in [0.2, 0.25) is 0 Å². The van der Waals surface area contributed by atoms with Crippen LogP contribution in [0.3, 0.4) is 0 Å². The third kappa shape index (κ3) is 4.76. The van der Waals surface area contributed by atoms with Crippen LogP contribution >= 0.6 is 0 Å². The average molecular weight is 355 g/mol. The van der Waals surface area contributed by atoms with Crippen molar-refractivity contribution < 1.29 is 9.47 Å². The predicted octanol–water partition coefficient (Wildman–Crippen LogP) is -0.903. The van der Waals surface area contributed by atoms with Gasteiger partial charge in [-0.2, -0.15) is 0 Å². The van der Waals surface area contributed by atoms with E-state index in [9.17, 15) is 14.4 Å². The lowest BCUT2D eigenvalue weighted by Crippen LogP contribution is -2.54. The molecule has 9 heteroatoms. The fourth-order valence-corrected chi connectivity index (χ4v) is 3.67. The van der Waals surface area contributed by atoms with Gasteiger partial charge in [-0.3, -0.25) is 0 Å². The minimum atomic E-state index is -0.644. The molecule has 1 aromatic rings. The molecule has 0 unspecified atom stereocenters. The Balaban J connectivity index is 3.07. The maximum Gasteiger partial charge on any atom is 0.336 e. The number of hydrogen-bond donors (Lipinski definition) is 0. The van der Waals surface area contributed by atoms with Crippen molar-refractivity contribution in [2.75, 3.05) is 14.2 Å². The lowest BCUT2D eigenvalue weighted by atomic mass is 10.4. The molecule has 0 saturated carbocycles. The molecule has 0 N–H and O–H groups in total. The van der Waals surface area contributed by atoms with Crippen LogP contribution in [0.15, 0.2) is 39.7 Å². The molecule has 0 amide bonds. The summed E-state index contributed by atoms with van der Waals surface area (Å²) in [7, 11) is 2.55. The van der Waals surface area contributed by atoms with Gasteiger partial charge in [0.05, 0.1) is 22.6 Å². The van der Waals surface area contributed by atoms with Crippen LogP contribution in [0.25, 0.3) is 0 Å². The van der Waals surface area contributed by atoms with E-state index in [0.717, 1.165) is 19.7 Å². The molecule has 134 valence electrons. The molecule has 0 atom stereocenters. The second kappa shape index (κ2) is 10.0. The van der Waals surface area contributed by atoms with E-state index in [-0.39, 0.29) is 25.5 Å². The van der Waals surface area contributed by atoms with Gasteiger partial charge in [0, 0.05) is 20.8 Å². The highest BCUT2D eigenvalue weighted by molar-refractivity contribution is 6.36. The van der Waals surface area contributed by atoms with E-state index in [2.05, 4.69) is 13.2 Å². The monoisotopic (exact) mass is 355 g/mol. The van der Waals surface area contributed by atoms with Crippen molar-refractivity contribution in [1.82, 2.24) is 13.7 Å². The van der Waals surface area contributed by atoms with Crippen LogP contribution in [0.5, 0.6) is 0 Å². The lowest BCUT2D eigenvalue weighted by Gasteiger charge is -2.14. The number of rotatable bonds is 11. The highest BCUT2D eigenvalue weighted by Crippen LogP contribution is 1.97. The summed E-state index contributed by atoms with van der Waals surface area (Å²) in [6.07, 6.45) is 3.54. The normalized spacial score (nSPS) is 11.5. The maximum atomic E-state index is 12.4. The Morgan fingerprint density at radius 1 is 0.958 bits per heavy atom. The molecule has 1 aromatic heterocycles. The van der Waals surface area contributed by atoms with Gasteiger partial charge in [0.1, 0.15) is 5.91 Å². The third-order valence-corrected chi connectivity index (χ3v) is 5.65.